The molecular formula is C11H8N4S. The third-order valence-electron chi connectivity index (χ3n) is 2.32. The van der Waals surface area contributed by atoms with Crippen LogP contribution in [0.4, 0.5) is 0 Å². The van der Waals surface area contributed by atoms with E-state index in [0.717, 1.165) is 22.6 Å². The first-order valence-corrected chi connectivity index (χ1v) is 5.24. The smallest absolute Gasteiger partial charge is 0.198 e. The lowest BCUT2D eigenvalue weighted by atomic mass is 10.2. The maximum Gasteiger partial charge on any atom is 0.198 e. The molecule has 2 N–H and O–H groups in total. The second-order valence-corrected chi connectivity index (χ2v) is 3.79. The molecule has 78 valence electrons. The van der Waals surface area contributed by atoms with Gasteiger partial charge in [-0.1, -0.05) is 30.3 Å². The van der Waals surface area contributed by atoms with Crippen molar-refractivity contribution in [3.63, 3.8) is 0 Å². The number of nitrogens with zero attached hydrogens (tertiary/aromatic N) is 2. The van der Waals surface area contributed by atoms with Crippen molar-refractivity contribution in [2.45, 2.75) is 0 Å². The van der Waals surface area contributed by atoms with Crippen molar-refractivity contribution in [1.29, 1.82) is 0 Å². The highest BCUT2D eigenvalue weighted by molar-refractivity contribution is 7.71. The van der Waals surface area contributed by atoms with Crippen LogP contribution >= 0.6 is 12.2 Å². The number of imidazole rings is 1. The minimum atomic E-state index is 0.443. The molecule has 2 heterocycles. The van der Waals surface area contributed by atoms with Crippen molar-refractivity contribution in [2.24, 2.45) is 0 Å². The van der Waals surface area contributed by atoms with Gasteiger partial charge in [0.05, 0.1) is 6.20 Å². The number of fused-ring (bicyclic) bond motifs is 1. The molecule has 1 aromatic carbocycles. The van der Waals surface area contributed by atoms with Crippen LogP contribution in [0.25, 0.3) is 22.6 Å². The largest absolute Gasteiger partial charge is 0.335 e. The molecule has 0 unspecified atom stereocenters. The number of H-pyrrole nitrogens is 2. The van der Waals surface area contributed by atoms with Gasteiger partial charge < -0.3 is 9.97 Å². The first-order valence-electron chi connectivity index (χ1n) is 4.83. The highest BCUT2D eigenvalue weighted by atomic mass is 32.1. The molecule has 0 saturated heterocycles. The molecule has 0 saturated carbocycles. The Morgan fingerprint density at radius 1 is 1.06 bits per heavy atom. The third-order valence-corrected chi connectivity index (χ3v) is 2.52. The van der Waals surface area contributed by atoms with E-state index in [1.807, 2.05) is 30.3 Å². The summed E-state index contributed by atoms with van der Waals surface area (Å²) in [5.74, 6) is 0.814. The molecule has 0 bridgehead atoms. The van der Waals surface area contributed by atoms with Crippen LogP contribution in [0.15, 0.2) is 36.5 Å². The molecule has 0 aliphatic heterocycles. The predicted molar refractivity (Wildman–Crippen MR) is 64.5 cm³/mol. The van der Waals surface area contributed by atoms with Crippen molar-refractivity contribution in [3.8, 4) is 11.4 Å². The van der Waals surface area contributed by atoms with E-state index in [9.17, 15) is 0 Å². The minimum Gasteiger partial charge on any atom is -0.335 e. The van der Waals surface area contributed by atoms with Crippen LogP contribution in [0.1, 0.15) is 0 Å². The van der Waals surface area contributed by atoms with Crippen LogP contribution in [0, 0.1) is 4.77 Å². The molecule has 0 atom stereocenters. The van der Waals surface area contributed by atoms with Crippen LogP contribution in [-0.2, 0) is 0 Å². The molecule has 16 heavy (non-hydrogen) atoms. The molecule has 0 spiro atoms. The van der Waals surface area contributed by atoms with Crippen molar-refractivity contribution < 1.29 is 0 Å². The van der Waals surface area contributed by atoms with E-state index >= 15 is 0 Å². The number of benzene rings is 1. The van der Waals surface area contributed by atoms with E-state index in [-0.39, 0.29) is 0 Å². The maximum atomic E-state index is 4.94. The van der Waals surface area contributed by atoms with Gasteiger partial charge in [-0.05, 0) is 12.2 Å². The normalized spacial score (nSPS) is 10.8. The zero-order valence-corrected chi connectivity index (χ0v) is 9.08. The molecule has 5 heteroatoms. The number of hydrogen-bond donors (Lipinski definition) is 2. The van der Waals surface area contributed by atoms with Gasteiger partial charge in [0.2, 0.25) is 0 Å². The van der Waals surface area contributed by atoms with Crippen molar-refractivity contribution >= 4 is 23.4 Å². The van der Waals surface area contributed by atoms with Gasteiger partial charge in [0, 0.05) is 5.56 Å². The third kappa shape index (κ3) is 1.51. The minimum absolute atomic E-state index is 0.443. The SMILES string of the molecule is S=c1ncc2[nH]c(-c3ccccc3)nc2[nH]1. The molecule has 2 aromatic heterocycles. The maximum absolute atomic E-state index is 4.94. The second kappa shape index (κ2) is 3.53. The lowest BCUT2D eigenvalue weighted by Crippen LogP contribution is -1.80. The molecule has 0 aliphatic carbocycles. The molecule has 0 amide bonds. The summed E-state index contributed by atoms with van der Waals surface area (Å²) in [6.07, 6.45) is 1.69. The molecule has 0 fully saturated rings. The van der Waals surface area contributed by atoms with Crippen molar-refractivity contribution in [3.05, 3.63) is 41.3 Å². The molecule has 0 aliphatic rings. The first kappa shape index (κ1) is 9.23. The summed E-state index contributed by atoms with van der Waals surface area (Å²) in [7, 11) is 0. The fourth-order valence-electron chi connectivity index (χ4n) is 1.56. The van der Waals surface area contributed by atoms with Gasteiger partial charge in [0.15, 0.2) is 10.4 Å². The Bertz CT molecular complexity index is 684. The summed E-state index contributed by atoms with van der Waals surface area (Å²) in [6, 6.07) is 9.92. The number of nitrogens with one attached hydrogen (secondary N) is 2. The monoisotopic (exact) mass is 228 g/mol. The summed E-state index contributed by atoms with van der Waals surface area (Å²) in [5.41, 5.74) is 2.63. The van der Waals surface area contributed by atoms with E-state index in [0.29, 0.717) is 4.77 Å². The van der Waals surface area contributed by atoms with Crippen molar-refractivity contribution in [1.82, 2.24) is 19.9 Å². The quantitative estimate of drug-likeness (QED) is 0.629. The molecular weight excluding hydrogens is 220 g/mol. The van der Waals surface area contributed by atoms with E-state index in [4.69, 9.17) is 12.2 Å². The number of rotatable bonds is 1. The van der Waals surface area contributed by atoms with Gasteiger partial charge in [-0.2, -0.15) is 0 Å². The topological polar surface area (TPSA) is 57.4 Å². The van der Waals surface area contributed by atoms with Gasteiger partial charge in [-0.25, -0.2) is 9.97 Å². The Balaban J connectivity index is 2.23. The van der Waals surface area contributed by atoms with Crippen LogP contribution in [0.3, 0.4) is 0 Å². The van der Waals surface area contributed by atoms with Gasteiger partial charge in [0.1, 0.15) is 11.3 Å². The summed E-state index contributed by atoms with van der Waals surface area (Å²) in [6.45, 7) is 0. The van der Waals surface area contributed by atoms with Crippen molar-refractivity contribution in [2.75, 3.05) is 0 Å². The average Bonchev–Trinajstić information content (AvgIpc) is 2.73. The molecule has 4 nitrogen and oxygen atoms in total. The van der Waals surface area contributed by atoms with Gasteiger partial charge in [0.25, 0.3) is 0 Å². The Morgan fingerprint density at radius 3 is 2.69 bits per heavy atom. The van der Waals surface area contributed by atoms with E-state index in [1.165, 1.54) is 0 Å². The highest BCUT2D eigenvalue weighted by Gasteiger charge is 2.04. The second-order valence-electron chi connectivity index (χ2n) is 3.40. The molecule has 3 rings (SSSR count). The van der Waals surface area contributed by atoms with Gasteiger partial charge >= 0.3 is 0 Å². The van der Waals surface area contributed by atoms with E-state index < -0.39 is 0 Å². The Hall–Kier alpha value is -2.01. The fraction of sp³-hybridized carbons (Fsp3) is 0. The number of hydrogen-bond acceptors (Lipinski definition) is 3. The number of aromatic amines is 2. The summed E-state index contributed by atoms with van der Waals surface area (Å²) >= 11 is 4.94. The number of aromatic nitrogens is 4. The first-order chi connectivity index (χ1) is 7.83. The van der Waals surface area contributed by atoms with Gasteiger partial charge in [-0.3, -0.25) is 0 Å². The van der Waals surface area contributed by atoms with Crippen LogP contribution < -0.4 is 0 Å². The standard InChI is InChI=1S/C11H8N4S/c16-11-12-6-8-10(15-11)14-9(13-8)7-4-2-1-3-5-7/h1-6H,(H2,12,13,14,15,16). The van der Waals surface area contributed by atoms with Crippen LogP contribution in [-0.4, -0.2) is 19.9 Å². The van der Waals surface area contributed by atoms with Crippen LogP contribution in [0.2, 0.25) is 0 Å². The fourth-order valence-corrected chi connectivity index (χ4v) is 1.71. The average molecular weight is 228 g/mol. The molecule has 0 radical (unpaired) electrons. The lowest BCUT2D eigenvalue weighted by Gasteiger charge is -1.92. The Morgan fingerprint density at radius 2 is 1.88 bits per heavy atom. The summed E-state index contributed by atoms with van der Waals surface area (Å²) in [5, 5.41) is 0. The predicted octanol–water partition coefficient (Wildman–Crippen LogP) is 2.68. The lowest BCUT2D eigenvalue weighted by molar-refractivity contribution is 1.17. The summed E-state index contributed by atoms with van der Waals surface area (Å²) in [4.78, 5) is 14.6. The highest BCUT2D eigenvalue weighted by Crippen LogP contribution is 2.17. The van der Waals surface area contributed by atoms with E-state index in [1.54, 1.807) is 6.20 Å². The zero-order chi connectivity index (χ0) is 11.0. The zero-order valence-electron chi connectivity index (χ0n) is 8.27. The Labute approximate surface area is 96.4 Å². The van der Waals surface area contributed by atoms with E-state index in [2.05, 4.69) is 19.9 Å². The van der Waals surface area contributed by atoms with Gasteiger partial charge in [-0.15, -0.1) is 0 Å². The Kier molecular flexibility index (Phi) is 2.04. The molecule has 3 aromatic rings. The summed E-state index contributed by atoms with van der Waals surface area (Å²) < 4.78 is 0.443. The van der Waals surface area contributed by atoms with Crippen LogP contribution in [0.5, 0.6) is 0 Å².